The SMILES string of the molecule is N#CSc1ccc(NC(=O)c2ccc(Cl)s2)cc1. The number of nitrogens with one attached hydrogen (secondary N) is 1. The van der Waals surface area contributed by atoms with Gasteiger partial charge in [-0.1, -0.05) is 11.6 Å². The van der Waals surface area contributed by atoms with Crippen molar-refractivity contribution in [3.05, 3.63) is 45.6 Å². The predicted molar refractivity (Wildman–Crippen MR) is 75.2 cm³/mol. The van der Waals surface area contributed by atoms with Gasteiger partial charge in [-0.05, 0) is 48.2 Å². The van der Waals surface area contributed by atoms with Gasteiger partial charge in [-0.15, -0.1) is 11.3 Å². The molecular formula is C12H7ClN2OS2. The lowest BCUT2D eigenvalue weighted by molar-refractivity contribution is 0.103. The lowest BCUT2D eigenvalue weighted by Gasteiger charge is -2.03. The van der Waals surface area contributed by atoms with Gasteiger partial charge in [0.1, 0.15) is 5.40 Å². The molecule has 1 aromatic heterocycles. The molecular weight excluding hydrogens is 288 g/mol. The molecule has 18 heavy (non-hydrogen) atoms. The Morgan fingerprint density at radius 2 is 2.00 bits per heavy atom. The number of nitriles is 1. The maximum absolute atomic E-state index is 11.8. The number of hydrogen-bond donors (Lipinski definition) is 1. The number of nitrogens with zero attached hydrogens (tertiary/aromatic N) is 1. The van der Waals surface area contributed by atoms with Gasteiger partial charge < -0.3 is 5.32 Å². The number of amides is 1. The average molecular weight is 295 g/mol. The Hall–Kier alpha value is -1.48. The molecule has 0 saturated carbocycles. The van der Waals surface area contributed by atoms with Crippen molar-refractivity contribution in [1.82, 2.24) is 0 Å². The number of benzene rings is 1. The van der Waals surface area contributed by atoms with E-state index in [4.69, 9.17) is 16.9 Å². The second-order valence-electron chi connectivity index (χ2n) is 3.28. The number of anilines is 1. The van der Waals surface area contributed by atoms with E-state index in [0.29, 0.717) is 14.9 Å². The zero-order valence-electron chi connectivity index (χ0n) is 9.01. The van der Waals surface area contributed by atoms with Crippen molar-refractivity contribution in [3.8, 4) is 5.40 Å². The fourth-order valence-electron chi connectivity index (χ4n) is 1.29. The Kier molecular flexibility index (Phi) is 4.26. The molecule has 0 fully saturated rings. The topological polar surface area (TPSA) is 52.9 Å². The summed E-state index contributed by atoms with van der Waals surface area (Å²) in [5.74, 6) is -0.187. The van der Waals surface area contributed by atoms with Gasteiger partial charge in [-0.25, -0.2) is 0 Å². The summed E-state index contributed by atoms with van der Waals surface area (Å²) in [6.07, 6.45) is 0. The quantitative estimate of drug-likeness (QED) is 0.681. The molecule has 0 unspecified atom stereocenters. The van der Waals surface area contributed by atoms with Crippen LogP contribution in [0.2, 0.25) is 4.34 Å². The van der Waals surface area contributed by atoms with E-state index < -0.39 is 0 Å². The molecule has 0 atom stereocenters. The summed E-state index contributed by atoms with van der Waals surface area (Å²) in [5.41, 5.74) is 0.687. The monoisotopic (exact) mass is 294 g/mol. The summed E-state index contributed by atoms with van der Waals surface area (Å²) >= 11 is 8.08. The van der Waals surface area contributed by atoms with Gasteiger partial charge in [0, 0.05) is 10.6 Å². The number of rotatable bonds is 3. The molecule has 2 aromatic rings. The van der Waals surface area contributed by atoms with Crippen LogP contribution >= 0.6 is 34.7 Å². The minimum Gasteiger partial charge on any atom is -0.321 e. The highest BCUT2D eigenvalue weighted by Gasteiger charge is 2.08. The highest BCUT2D eigenvalue weighted by atomic mass is 35.5. The van der Waals surface area contributed by atoms with E-state index in [1.54, 1.807) is 36.4 Å². The highest BCUT2D eigenvalue weighted by molar-refractivity contribution is 8.03. The molecule has 0 aliphatic carbocycles. The number of halogens is 1. The minimum atomic E-state index is -0.187. The number of hydrogen-bond acceptors (Lipinski definition) is 4. The van der Waals surface area contributed by atoms with Crippen molar-refractivity contribution < 1.29 is 4.79 Å². The van der Waals surface area contributed by atoms with Gasteiger partial charge in [0.25, 0.3) is 5.91 Å². The van der Waals surface area contributed by atoms with Crippen molar-refractivity contribution >= 4 is 46.3 Å². The summed E-state index contributed by atoms with van der Waals surface area (Å²) in [6, 6.07) is 10.4. The van der Waals surface area contributed by atoms with Crippen LogP contribution in [0.4, 0.5) is 5.69 Å². The van der Waals surface area contributed by atoms with Crippen LogP contribution in [0.25, 0.3) is 0 Å². The van der Waals surface area contributed by atoms with Crippen LogP contribution in [0.1, 0.15) is 9.67 Å². The Morgan fingerprint density at radius 1 is 1.28 bits per heavy atom. The van der Waals surface area contributed by atoms with Gasteiger partial charge >= 0.3 is 0 Å². The van der Waals surface area contributed by atoms with Crippen molar-refractivity contribution in [2.75, 3.05) is 5.32 Å². The molecule has 2 rings (SSSR count). The lowest BCUT2D eigenvalue weighted by atomic mass is 10.3. The zero-order valence-corrected chi connectivity index (χ0v) is 11.4. The van der Waals surface area contributed by atoms with Crippen LogP contribution in [-0.2, 0) is 0 Å². The molecule has 1 aromatic carbocycles. The van der Waals surface area contributed by atoms with E-state index in [0.717, 1.165) is 16.7 Å². The summed E-state index contributed by atoms with van der Waals surface area (Å²) in [6.45, 7) is 0. The van der Waals surface area contributed by atoms with Crippen LogP contribution in [-0.4, -0.2) is 5.91 Å². The third-order valence-electron chi connectivity index (χ3n) is 2.07. The molecule has 3 nitrogen and oxygen atoms in total. The number of thioether (sulfide) groups is 1. The first kappa shape index (κ1) is 13.0. The van der Waals surface area contributed by atoms with E-state index in [-0.39, 0.29) is 5.91 Å². The van der Waals surface area contributed by atoms with Crippen molar-refractivity contribution in [1.29, 1.82) is 5.26 Å². The van der Waals surface area contributed by atoms with Gasteiger partial charge in [-0.3, -0.25) is 4.79 Å². The third kappa shape index (κ3) is 3.26. The Labute approximate surface area is 117 Å². The standard InChI is InChI=1S/C12H7ClN2OS2/c13-11-6-5-10(18-11)12(16)15-8-1-3-9(4-2-8)17-7-14/h1-6H,(H,15,16). The maximum Gasteiger partial charge on any atom is 0.265 e. The molecule has 1 amide bonds. The van der Waals surface area contributed by atoms with Gasteiger partial charge in [0.05, 0.1) is 9.21 Å². The van der Waals surface area contributed by atoms with E-state index in [1.807, 2.05) is 5.40 Å². The van der Waals surface area contributed by atoms with Crippen LogP contribution in [0.3, 0.4) is 0 Å². The van der Waals surface area contributed by atoms with Crippen LogP contribution in [0, 0.1) is 10.7 Å². The predicted octanol–water partition coefficient (Wildman–Crippen LogP) is 4.23. The Bertz CT molecular complexity index is 601. The molecule has 0 aliphatic heterocycles. The molecule has 90 valence electrons. The minimum absolute atomic E-state index is 0.187. The molecule has 0 aliphatic rings. The molecule has 1 N–H and O–H groups in total. The fourth-order valence-corrected chi connectivity index (χ4v) is 2.60. The Morgan fingerprint density at radius 3 is 2.56 bits per heavy atom. The molecule has 0 saturated heterocycles. The first-order chi connectivity index (χ1) is 8.69. The fraction of sp³-hybridized carbons (Fsp3) is 0. The summed E-state index contributed by atoms with van der Waals surface area (Å²) in [5, 5.41) is 13.3. The van der Waals surface area contributed by atoms with Crippen LogP contribution in [0.5, 0.6) is 0 Å². The average Bonchev–Trinajstić information content (AvgIpc) is 2.79. The summed E-state index contributed by atoms with van der Waals surface area (Å²) < 4.78 is 0.584. The van der Waals surface area contributed by atoms with Gasteiger partial charge in [-0.2, -0.15) is 5.26 Å². The van der Waals surface area contributed by atoms with Crippen LogP contribution < -0.4 is 5.32 Å². The largest absolute Gasteiger partial charge is 0.321 e. The first-order valence-corrected chi connectivity index (χ1v) is 6.93. The number of carbonyl (C=O) groups is 1. The molecule has 0 radical (unpaired) electrons. The lowest BCUT2D eigenvalue weighted by Crippen LogP contribution is -2.09. The molecule has 6 heteroatoms. The number of carbonyl (C=O) groups excluding carboxylic acids is 1. The molecule has 0 spiro atoms. The maximum atomic E-state index is 11.8. The number of thiophene rings is 1. The van der Waals surface area contributed by atoms with Gasteiger partial charge in [0.2, 0.25) is 0 Å². The molecule has 0 bridgehead atoms. The third-order valence-corrected chi connectivity index (χ3v) is 3.90. The van der Waals surface area contributed by atoms with E-state index >= 15 is 0 Å². The first-order valence-electron chi connectivity index (χ1n) is 4.92. The van der Waals surface area contributed by atoms with E-state index in [9.17, 15) is 4.79 Å². The second-order valence-corrected chi connectivity index (χ2v) is 5.85. The highest BCUT2D eigenvalue weighted by Crippen LogP contribution is 2.23. The Balaban J connectivity index is 2.05. The van der Waals surface area contributed by atoms with Crippen molar-refractivity contribution in [3.63, 3.8) is 0 Å². The second kappa shape index (κ2) is 5.91. The summed E-state index contributed by atoms with van der Waals surface area (Å²) in [7, 11) is 0. The zero-order chi connectivity index (χ0) is 13.0. The normalized spacial score (nSPS) is 9.78. The van der Waals surface area contributed by atoms with Gasteiger partial charge in [0.15, 0.2) is 0 Å². The number of thiocyanates is 1. The van der Waals surface area contributed by atoms with E-state index in [1.165, 1.54) is 11.3 Å². The van der Waals surface area contributed by atoms with Crippen molar-refractivity contribution in [2.24, 2.45) is 0 Å². The van der Waals surface area contributed by atoms with Crippen LogP contribution in [0.15, 0.2) is 41.3 Å². The van der Waals surface area contributed by atoms with Crippen molar-refractivity contribution in [2.45, 2.75) is 4.90 Å². The molecule has 1 heterocycles. The summed E-state index contributed by atoms with van der Waals surface area (Å²) in [4.78, 5) is 13.2. The van der Waals surface area contributed by atoms with E-state index in [2.05, 4.69) is 5.32 Å². The smallest absolute Gasteiger partial charge is 0.265 e.